The summed E-state index contributed by atoms with van der Waals surface area (Å²) in [6.07, 6.45) is 6.17. The van der Waals surface area contributed by atoms with Crippen molar-refractivity contribution in [1.82, 2.24) is 15.2 Å². The zero-order valence-corrected chi connectivity index (χ0v) is 22.4. The van der Waals surface area contributed by atoms with Crippen molar-refractivity contribution in [3.8, 4) is 0 Å². The van der Waals surface area contributed by atoms with Gasteiger partial charge in [0.15, 0.2) is 0 Å². The predicted octanol–water partition coefficient (Wildman–Crippen LogP) is 6.13. The molecule has 1 saturated heterocycles. The summed E-state index contributed by atoms with van der Waals surface area (Å²) in [4.78, 5) is 35.1. The Morgan fingerprint density at radius 1 is 1.05 bits per heavy atom. The molecular formula is C29H39FN4O3. The summed E-state index contributed by atoms with van der Waals surface area (Å²) in [6, 6.07) is 11.4. The van der Waals surface area contributed by atoms with Crippen molar-refractivity contribution in [2.45, 2.75) is 83.4 Å². The van der Waals surface area contributed by atoms with Crippen LogP contribution >= 0.6 is 0 Å². The molecule has 37 heavy (non-hydrogen) atoms. The minimum absolute atomic E-state index is 0.0741. The van der Waals surface area contributed by atoms with Gasteiger partial charge in [-0.05, 0) is 76.6 Å². The Labute approximate surface area is 219 Å². The lowest BCUT2D eigenvalue weighted by molar-refractivity contribution is -0.136. The summed E-state index contributed by atoms with van der Waals surface area (Å²) >= 11 is 0. The van der Waals surface area contributed by atoms with E-state index in [-0.39, 0.29) is 23.7 Å². The number of hydrogen-bond donors (Lipinski definition) is 1. The maximum atomic E-state index is 14.4. The Morgan fingerprint density at radius 3 is 2.49 bits per heavy atom. The molecule has 2 aliphatic rings. The number of amides is 2. The Bertz CT molecular complexity index is 1100. The maximum Gasteiger partial charge on any atom is 0.408 e. The van der Waals surface area contributed by atoms with Crippen LogP contribution in [-0.2, 0) is 9.53 Å². The number of carbonyl (C=O) groups is 2. The number of benzene rings is 1. The van der Waals surface area contributed by atoms with E-state index in [1.54, 1.807) is 30.1 Å². The highest BCUT2D eigenvalue weighted by atomic mass is 19.1. The first-order valence-corrected chi connectivity index (χ1v) is 13.4. The number of likely N-dealkylation sites (tertiary alicyclic amines) is 1. The van der Waals surface area contributed by atoms with Crippen LogP contribution in [0.15, 0.2) is 42.5 Å². The van der Waals surface area contributed by atoms with Crippen molar-refractivity contribution in [2.24, 2.45) is 5.92 Å². The first-order chi connectivity index (χ1) is 17.6. The third-order valence-corrected chi connectivity index (χ3v) is 7.25. The van der Waals surface area contributed by atoms with Gasteiger partial charge >= 0.3 is 6.09 Å². The summed E-state index contributed by atoms with van der Waals surface area (Å²) in [5.74, 6) is 0.299. The molecule has 200 valence electrons. The second kappa shape index (κ2) is 11.5. The van der Waals surface area contributed by atoms with Crippen LogP contribution in [0.2, 0.25) is 0 Å². The fraction of sp³-hybridized carbons (Fsp3) is 0.552. The van der Waals surface area contributed by atoms with Crippen LogP contribution in [0, 0.1) is 11.7 Å². The molecule has 2 heterocycles. The molecule has 1 N–H and O–H groups in total. The topological polar surface area (TPSA) is 74.8 Å². The molecule has 0 bridgehead atoms. The van der Waals surface area contributed by atoms with Crippen LogP contribution in [0.5, 0.6) is 0 Å². The number of para-hydroxylation sites is 1. The number of pyridine rings is 1. The van der Waals surface area contributed by atoms with E-state index in [4.69, 9.17) is 9.72 Å². The summed E-state index contributed by atoms with van der Waals surface area (Å²) in [5.41, 5.74) is 0.561. The molecule has 2 atom stereocenters. The Balaban J connectivity index is 1.56. The number of alkyl carbamates (subject to hydrolysis) is 1. The van der Waals surface area contributed by atoms with Gasteiger partial charge in [-0.2, -0.15) is 0 Å². The molecule has 2 fully saturated rings. The quantitative estimate of drug-likeness (QED) is 0.506. The minimum atomic E-state index is -0.644. The molecule has 2 aromatic rings. The summed E-state index contributed by atoms with van der Waals surface area (Å²) in [7, 11) is 1.78. The first kappa shape index (κ1) is 26.9. The molecule has 1 aliphatic carbocycles. The number of carbonyl (C=O) groups excluding carboxylic acids is 2. The third-order valence-electron chi connectivity index (χ3n) is 7.25. The van der Waals surface area contributed by atoms with Gasteiger partial charge in [0, 0.05) is 13.6 Å². The number of nitrogens with one attached hydrogen (secondary N) is 1. The monoisotopic (exact) mass is 510 g/mol. The molecule has 1 saturated carbocycles. The number of halogens is 1. The molecule has 0 radical (unpaired) electrons. The zero-order valence-electron chi connectivity index (χ0n) is 22.4. The Kier molecular flexibility index (Phi) is 8.35. The molecule has 1 aromatic heterocycles. The highest BCUT2D eigenvalue weighted by Crippen LogP contribution is 2.35. The molecule has 7 nitrogen and oxygen atoms in total. The van der Waals surface area contributed by atoms with Gasteiger partial charge in [-0.1, -0.05) is 37.5 Å². The van der Waals surface area contributed by atoms with Crippen molar-refractivity contribution >= 4 is 23.5 Å². The van der Waals surface area contributed by atoms with E-state index in [1.807, 2.05) is 43.9 Å². The normalized spacial score (nSPS) is 19.4. The Morgan fingerprint density at radius 2 is 1.78 bits per heavy atom. The Hall–Kier alpha value is -3.16. The molecule has 1 aliphatic heterocycles. The largest absolute Gasteiger partial charge is 0.444 e. The summed E-state index contributed by atoms with van der Waals surface area (Å²) < 4.78 is 19.9. The minimum Gasteiger partial charge on any atom is -0.444 e. The summed E-state index contributed by atoms with van der Waals surface area (Å²) in [6.45, 7) is 6.06. The van der Waals surface area contributed by atoms with Crippen LogP contribution in [0.4, 0.5) is 20.7 Å². The van der Waals surface area contributed by atoms with E-state index < -0.39 is 17.7 Å². The van der Waals surface area contributed by atoms with Gasteiger partial charge in [0.1, 0.15) is 23.3 Å². The number of hydrogen-bond acceptors (Lipinski definition) is 5. The van der Waals surface area contributed by atoms with E-state index in [1.165, 1.54) is 6.07 Å². The fourth-order valence-electron chi connectivity index (χ4n) is 5.46. The van der Waals surface area contributed by atoms with E-state index >= 15 is 0 Å². The molecule has 1 aromatic carbocycles. The lowest BCUT2D eigenvalue weighted by Gasteiger charge is -2.35. The molecule has 4 rings (SSSR count). The standard InChI is InChI=1S/C29H39FN4O3/c1-29(2,3)37-28(36)32-26(20-12-6-5-7-13-20)27(35)34-19-11-17-24(34)22-15-10-18-25(31-22)33(4)23-16-9-8-14-21(23)30/h8-10,14-16,18,20,24,26H,5-7,11-13,17,19H2,1-4H3,(H,32,36)/t24-,26?/m0/s1. The second-order valence-electron chi connectivity index (χ2n) is 11.1. The van der Waals surface area contributed by atoms with Crippen LogP contribution < -0.4 is 10.2 Å². The predicted molar refractivity (Wildman–Crippen MR) is 142 cm³/mol. The van der Waals surface area contributed by atoms with Crippen molar-refractivity contribution < 1.29 is 18.7 Å². The van der Waals surface area contributed by atoms with Crippen molar-refractivity contribution in [3.63, 3.8) is 0 Å². The number of rotatable bonds is 6. The van der Waals surface area contributed by atoms with Gasteiger partial charge < -0.3 is 19.9 Å². The smallest absolute Gasteiger partial charge is 0.408 e. The van der Waals surface area contributed by atoms with Crippen molar-refractivity contribution in [2.75, 3.05) is 18.5 Å². The summed E-state index contributed by atoms with van der Waals surface area (Å²) in [5, 5.41) is 2.93. The third kappa shape index (κ3) is 6.59. The number of anilines is 2. The highest BCUT2D eigenvalue weighted by Gasteiger charge is 2.40. The van der Waals surface area contributed by atoms with Gasteiger partial charge in [0.25, 0.3) is 0 Å². The van der Waals surface area contributed by atoms with Gasteiger partial charge in [-0.3, -0.25) is 4.79 Å². The average Bonchev–Trinajstić information content (AvgIpc) is 3.36. The van der Waals surface area contributed by atoms with Crippen LogP contribution in [0.1, 0.15) is 77.5 Å². The van der Waals surface area contributed by atoms with Gasteiger partial charge in [0.05, 0.1) is 17.4 Å². The highest BCUT2D eigenvalue weighted by molar-refractivity contribution is 5.86. The first-order valence-electron chi connectivity index (χ1n) is 13.4. The van der Waals surface area contributed by atoms with E-state index in [9.17, 15) is 14.0 Å². The molecule has 2 amide bonds. The van der Waals surface area contributed by atoms with Gasteiger partial charge in [-0.15, -0.1) is 0 Å². The average molecular weight is 511 g/mol. The molecular weight excluding hydrogens is 471 g/mol. The fourth-order valence-corrected chi connectivity index (χ4v) is 5.46. The number of ether oxygens (including phenoxy) is 1. The number of aromatic nitrogens is 1. The maximum absolute atomic E-state index is 14.4. The van der Waals surface area contributed by atoms with Crippen molar-refractivity contribution in [3.05, 3.63) is 54.0 Å². The molecule has 0 spiro atoms. The van der Waals surface area contributed by atoms with Crippen LogP contribution in [-0.4, -0.2) is 47.1 Å². The second-order valence-corrected chi connectivity index (χ2v) is 11.1. The molecule has 8 heteroatoms. The van der Waals surface area contributed by atoms with Gasteiger partial charge in [-0.25, -0.2) is 14.2 Å². The van der Waals surface area contributed by atoms with Gasteiger partial charge in [0.2, 0.25) is 5.91 Å². The van der Waals surface area contributed by atoms with E-state index in [2.05, 4.69) is 5.32 Å². The van der Waals surface area contributed by atoms with E-state index in [0.717, 1.165) is 50.6 Å². The van der Waals surface area contributed by atoms with Crippen LogP contribution in [0.25, 0.3) is 0 Å². The number of nitrogens with zero attached hydrogens (tertiary/aromatic N) is 3. The van der Waals surface area contributed by atoms with Crippen molar-refractivity contribution in [1.29, 1.82) is 0 Å². The molecule has 1 unspecified atom stereocenters. The lowest BCUT2D eigenvalue weighted by atomic mass is 9.83. The van der Waals surface area contributed by atoms with Crippen LogP contribution in [0.3, 0.4) is 0 Å². The zero-order chi connectivity index (χ0) is 26.6. The van der Waals surface area contributed by atoms with E-state index in [0.29, 0.717) is 18.1 Å². The lowest BCUT2D eigenvalue weighted by Crippen LogP contribution is -2.53. The SMILES string of the molecule is CN(c1cccc([C@@H]2CCCN2C(=O)C(NC(=O)OC(C)(C)C)C2CCCCC2)n1)c1ccccc1F.